The molecule has 3 aromatic rings. The number of aromatic nitrogens is 2. The maximum atomic E-state index is 12.5. The summed E-state index contributed by atoms with van der Waals surface area (Å²) in [7, 11) is 0. The van der Waals surface area contributed by atoms with Crippen LogP contribution in [0.4, 0.5) is 0 Å². The van der Waals surface area contributed by atoms with Crippen LogP contribution in [0.15, 0.2) is 40.9 Å². The average Bonchev–Trinajstić information content (AvgIpc) is 3.29. The summed E-state index contributed by atoms with van der Waals surface area (Å²) in [6.45, 7) is 6.76. The summed E-state index contributed by atoms with van der Waals surface area (Å²) in [5.74, 6) is 0.865. The minimum Gasteiger partial charge on any atom is -0.484 e. The van der Waals surface area contributed by atoms with Gasteiger partial charge >= 0.3 is 0 Å². The summed E-state index contributed by atoms with van der Waals surface area (Å²) in [6.07, 6.45) is 1.94. The summed E-state index contributed by atoms with van der Waals surface area (Å²) in [6, 6.07) is 8.25. The number of benzene rings is 1. The van der Waals surface area contributed by atoms with Gasteiger partial charge in [0.1, 0.15) is 23.1 Å². The van der Waals surface area contributed by atoms with Crippen LogP contribution in [-0.2, 0) is 13.2 Å². The Hall–Kier alpha value is -2.44. The van der Waals surface area contributed by atoms with Crippen LogP contribution in [0.1, 0.15) is 47.5 Å². The summed E-state index contributed by atoms with van der Waals surface area (Å²) >= 11 is 12.1. The smallest absolute Gasteiger partial charge is 0.287 e. The van der Waals surface area contributed by atoms with Crippen molar-refractivity contribution in [3.63, 3.8) is 0 Å². The molecule has 0 aliphatic carbocycles. The predicted molar refractivity (Wildman–Crippen MR) is 108 cm³/mol. The second-order valence-electron chi connectivity index (χ2n) is 6.33. The first kappa shape index (κ1) is 20.3. The predicted octanol–water partition coefficient (Wildman–Crippen LogP) is 5.18. The van der Waals surface area contributed by atoms with Gasteiger partial charge in [0.15, 0.2) is 5.76 Å². The molecule has 0 aliphatic rings. The molecule has 1 aromatic carbocycles. The standard InChI is InChI=1S/C20H21Cl2N3O3/c1-4-25-10-15(13(3)24-25)12(2)23-20(26)18-9-8-14(28-18)11-27-17-7-5-6-16(21)19(17)22/h5-10,12H,4,11H2,1-3H3,(H,23,26). The quantitative estimate of drug-likeness (QED) is 0.570. The monoisotopic (exact) mass is 421 g/mol. The molecule has 0 fully saturated rings. The zero-order chi connectivity index (χ0) is 20.3. The van der Waals surface area contributed by atoms with E-state index in [0.29, 0.717) is 21.6 Å². The van der Waals surface area contributed by atoms with Gasteiger partial charge in [0, 0.05) is 18.3 Å². The molecular weight excluding hydrogens is 401 g/mol. The first-order valence-corrected chi connectivity index (χ1v) is 9.65. The fraction of sp³-hybridized carbons (Fsp3) is 0.300. The second-order valence-corrected chi connectivity index (χ2v) is 7.11. The number of carbonyl (C=O) groups is 1. The van der Waals surface area contributed by atoms with Crippen LogP contribution >= 0.6 is 23.2 Å². The fourth-order valence-electron chi connectivity index (χ4n) is 2.79. The van der Waals surface area contributed by atoms with Gasteiger partial charge < -0.3 is 14.5 Å². The van der Waals surface area contributed by atoms with Gasteiger partial charge in [-0.25, -0.2) is 0 Å². The molecule has 0 aliphatic heterocycles. The molecule has 1 amide bonds. The molecule has 1 unspecified atom stereocenters. The Balaban J connectivity index is 1.62. The molecule has 1 N–H and O–H groups in total. The van der Waals surface area contributed by atoms with Crippen LogP contribution < -0.4 is 10.1 Å². The van der Waals surface area contributed by atoms with Gasteiger partial charge in [-0.15, -0.1) is 0 Å². The van der Waals surface area contributed by atoms with Crippen molar-refractivity contribution in [1.82, 2.24) is 15.1 Å². The Morgan fingerprint density at radius 1 is 1.32 bits per heavy atom. The lowest BCUT2D eigenvalue weighted by Crippen LogP contribution is -2.26. The van der Waals surface area contributed by atoms with Crippen molar-refractivity contribution in [2.75, 3.05) is 0 Å². The van der Waals surface area contributed by atoms with Crippen molar-refractivity contribution in [2.45, 2.75) is 40.0 Å². The molecule has 6 nitrogen and oxygen atoms in total. The molecular formula is C20H21Cl2N3O3. The topological polar surface area (TPSA) is 69.3 Å². The number of nitrogens with one attached hydrogen (secondary N) is 1. The van der Waals surface area contributed by atoms with Crippen LogP contribution in [0.5, 0.6) is 5.75 Å². The second kappa shape index (κ2) is 8.71. The number of hydrogen-bond acceptors (Lipinski definition) is 4. The molecule has 2 heterocycles. The van der Waals surface area contributed by atoms with Crippen LogP contribution in [0.2, 0.25) is 10.0 Å². The number of ether oxygens (including phenoxy) is 1. The van der Waals surface area contributed by atoms with Crippen molar-refractivity contribution in [2.24, 2.45) is 0 Å². The van der Waals surface area contributed by atoms with E-state index in [4.69, 9.17) is 32.4 Å². The third-order valence-corrected chi connectivity index (χ3v) is 5.10. The highest BCUT2D eigenvalue weighted by Gasteiger charge is 2.18. The Morgan fingerprint density at radius 2 is 2.11 bits per heavy atom. The highest BCUT2D eigenvalue weighted by Crippen LogP contribution is 2.32. The summed E-state index contributed by atoms with van der Waals surface area (Å²) in [5, 5.41) is 8.08. The number of carbonyl (C=O) groups excluding carboxylic acids is 1. The molecule has 28 heavy (non-hydrogen) atoms. The number of hydrogen-bond donors (Lipinski definition) is 1. The SMILES string of the molecule is CCn1cc(C(C)NC(=O)c2ccc(COc3cccc(Cl)c3Cl)o2)c(C)n1. The summed E-state index contributed by atoms with van der Waals surface area (Å²) < 4.78 is 13.1. The Kier molecular flexibility index (Phi) is 6.31. The maximum absolute atomic E-state index is 12.5. The third-order valence-electron chi connectivity index (χ3n) is 4.29. The van der Waals surface area contributed by atoms with Gasteiger partial charge in [-0.05, 0) is 45.0 Å². The Labute approximate surface area is 173 Å². The number of amides is 1. The van der Waals surface area contributed by atoms with Crippen LogP contribution in [0, 0.1) is 6.92 Å². The van der Waals surface area contributed by atoms with E-state index in [9.17, 15) is 4.79 Å². The minimum atomic E-state index is -0.303. The molecule has 148 valence electrons. The average molecular weight is 422 g/mol. The van der Waals surface area contributed by atoms with E-state index in [0.717, 1.165) is 17.8 Å². The van der Waals surface area contributed by atoms with Gasteiger partial charge in [-0.2, -0.15) is 5.10 Å². The highest BCUT2D eigenvalue weighted by atomic mass is 35.5. The van der Waals surface area contributed by atoms with Gasteiger partial charge in [0.25, 0.3) is 5.91 Å². The maximum Gasteiger partial charge on any atom is 0.287 e. The molecule has 0 spiro atoms. The molecule has 0 radical (unpaired) electrons. The number of rotatable bonds is 7. The molecule has 1 atom stereocenters. The van der Waals surface area contributed by atoms with Crippen molar-refractivity contribution in [1.29, 1.82) is 0 Å². The first-order valence-electron chi connectivity index (χ1n) is 8.89. The van der Waals surface area contributed by atoms with Crippen LogP contribution in [0.25, 0.3) is 0 Å². The largest absolute Gasteiger partial charge is 0.484 e. The lowest BCUT2D eigenvalue weighted by Gasteiger charge is -2.12. The molecule has 2 aromatic heterocycles. The lowest BCUT2D eigenvalue weighted by molar-refractivity contribution is 0.0907. The van der Waals surface area contributed by atoms with E-state index < -0.39 is 0 Å². The molecule has 0 saturated carbocycles. The Morgan fingerprint density at radius 3 is 2.82 bits per heavy atom. The first-order chi connectivity index (χ1) is 13.4. The highest BCUT2D eigenvalue weighted by molar-refractivity contribution is 6.42. The van der Waals surface area contributed by atoms with E-state index >= 15 is 0 Å². The zero-order valence-electron chi connectivity index (χ0n) is 15.8. The summed E-state index contributed by atoms with van der Waals surface area (Å²) in [4.78, 5) is 12.5. The van der Waals surface area contributed by atoms with Gasteiger partial charge in [-0.1, -0.05) is 29.3 Å². The normalized spacial score (nSPS) is 12.0. The van der Waals surface area contributed by atoms with Gasteiger partial charge in [0.05, 0.1) is 16.8 Å². The van der Waals surface area contributed by atoms with Gasteiger partial charge in [-0.3, -0.25) is 9.48 Å². The van der Waals surface area contributed by atoms with Crippen molar-refractivity contribution >= 4 is 29.1 Å². The fourth-order valence-corrected chi connectivity index (χ4v) is 3.13. The van der Waals surface area contributed by atoms with E-state index in [1.54, 1.807) is 30.3 Å². The molecule has 8 heteroatoms. The van der Waals surface area contributed by atoms with E-state index in [-0.39, 0.29) is 24.3 Å². The van der Waals surface area contributed by atoms with E-state index in [1.807, 2.05) is 31.6 Å². The minimum absolute atomic E-state index is 0.130. The number of aryl methyl sites for hydroxylation is 2. The van der Waals surface area contributed by atoms with Crippen LogP contribution in [-0.4, -0.2) is 15.7 Å². The van der Waals surface area contributed by atoms with Crippen LogP contribution in [0.3, 0.4) is 0 Å². The number of nitrogens with zero attached hydrogens (tertiary/aromatic N) is 2. The third kappa shape index (κ3) is 4.51. The molecule has 0 saturated heterocycles. The lowest BCUT2D eigenvalue weighted by atomic mass is 10.1. The zero-order valence-corrected chi connectivity index (χ0v) is 17.3. The van der Waals surface area contributed by atoms with E-state index in [2.05, 4.69) is 10.4 Å². The molecule has 0 bridgehead atoms. The number of halogens is 2. The van der Waals surface area contributed by atoms with Gasteiger partial charge in [0.2, 0.25) is 0 Å². The Bertz CT molecular complexity index is 981. The molecule has 3 rings (SSSR count). The van der Waals surface area contributed by atoms with E-state index in [1.165, 1.54) is 0 Å². The van der Waals surface area contributed by atoms with Crippen molar-refractivity contribution in [3.8, 4) is 5.75 Å². The number of furan rings is 1. The van der Waals surface area contributed by atoms with Crippen molar-refractivity contribution in [3.05, 3.63) is 69.4 Å². The van der Waals surface area contributed by atoms with Crippen molar-refractivity contribution < 1.29 is 13.9 Å². The summed E-state index contributed by atoms with van der Waals surface area (Å²) in [5.41, 5.74) is 1.86.